The van der Waals surface area contributed by atoms with E-state index in [0.29, 0.717) is 0 Å². The van der Waals surface area contributed by atoms with E-state index in [1.54, 1.807) is 0 Å². The molecule has 6 aromatic heterocycles. The van der Waals surface area contributed by atoms with Crippen molar-refractivity contribution >= 4 is 0 Å². The number of halogens is 2. The van der Waals surface area contributed by atoms with Gasteiger partial charge in [-0.1, -0.05) is 12.1 Å². The Labute approximate surface area is 305 Å². The van der Waals surface area contributed by atoms with Crippen LogP contribution in [0.3, 0.4) is 0 Å². The molecule has 0 saturated heterocycles. The van der Waals surface area contributed by atoms with Crippen LogP contribution in [-0.4, -0.2) is 75.2 Å². The van der Waals surface area contributed by atoms with Crippen LogP contribution in [0.4, 0.5) is 0 Å². The zero-order valence-electron chi connectivity index (χ0n) is 27.7. The topological polar surface area (TPSA) is 365 Å². The molecule has 0 unspecified atom stereocenters. The number of nitrogens with zero attached hydrogens (tertiary/aromatic N) is 6. The zero-order valence-corrected chi connectivity index (χ0v) is 30.3. The van der Waals surface area contributed by atoms with E-state index in [0.717, 1.165) is 82.5 Å². The molecule has 0 aliphatic carbocycles. The molecule has 23 heteroatoms. The molecule has 6 aromatic rings. The van der Waals surface area contributed by atoms with Gasteiger partial charge in [0.15, 0.2) is 0 Å². The van der Waals surface area contributed by atoms with Crippen molar-refractivity contribution in [2.45, 2.75) is 27.7 Å². The fraction of sp³-hybridized carbons (Fsp3) is 0.214. The Bertz CT molecular complexity index is 1580. The maximum absolute atomic E-state index is 8.49. The number of hydrogen-bond donors (Lipinski definition) is 6. The fourth-order valence-corrected chi connectivity index (χ4v) is 3.64. The summed E-state index contributed by atoms with van der Waals surface area (Å²) in [5.41, 5.74) is 10.9. The van der Waals surface area contributed by atoms with Gasteiger partial charge in [-0.3, -0.25) is 20.4 Å². The van der Waals surface area contributed by atoms with Gasteiger partial charge in [-0.15, -0.1) is 20.5 Å². The van der Waals surface area contributed by atoms with Gasteiger partial charge in [0.25, 0.3) is 0 Å². The summed E-state index contributed by atoms with van der Waals surface area (Å²) >= 11 is 0. The molecule has 6 N–H and O–H groups in total. The standard InChI is InChI=1S/2C13H13N5.2CH4O.2ClHO4.Fe/c2*1-8-6-12(17-15-8)10-4-3-5-11(14-10)13-7-9(2)16-18-13;2*1-2;2*2-1(3,4)5;/h2*3-7H,1-2H3,(H,15,17)(H,16,18);2*2H,1H3;2*(H,2,3,4,5);/q;;;;;;+2/p-2. The normalized spacial score (nSPS) is 10.2. The average molecular weight is 797 g/mol. The second-order valence-corrected chi connectivity index (χ2v) is 10.8. The van der Waals surface area contributed by atoms with Crippen LogP contribution in [0, 0.1) is 48.2 Å². The number of pyridine rings is 2. The van der Waals surface area contributed by atoms with Crippen molar-refractivity contribution in [2.75, 3.05) is 14.2 Å². The molecular weight excluding hydrogens is 763 g/mol. The summed E-state index contributed by atoms with van der Waals surface area (Å²) in [6.07, 6.45) is 0. The summed E-state index contributed by atoms with van der Waals surface area (Å²) < 4.78 is 67.9. The average Bonchev–Trinajstić information content (AvgIpc) is 3.87. The van der Waals surface area contributed by atoms with Crippen LogP contribution in [0.1, 0.15) is 22.8 Å². The molecule has 6 rings (SSSR count). The van der Waals surface area contributed by atoms with Crippen LogP contribution in [0.2, 0.25) is 0 Å². The summed E-state index contributed by atoms with van der Waals surface area (Å²) in [6.45, 7) is 7.88. The number of rotatable bonds is 4. The molecule has 0 aliphatic rings. The third kappa shape index (κ3) is 19.1. The van der Waals surface area contributed by atoms with Crippen LogP contribution in [0.15, 0.2) is 60.7 Å². The van der Waals surface area contributed by atoms with E-state index in [-0.39, 0.29) is 17.1 Å². The minimum absolute atomic E-state index is 0. The zero-order chi connectivity index (χ0) is 38.1. The number of aromatic amines is 4. The molecule has 0 bridgehead atoms. The van der Waals surface area contributed by atoms with Crippen LogP contribution < -0.4 is 37.3 Å². The number of aryl methyl sites for hydroxylation is 4. The number of aliphatic hydroxyl groups excluding tert-OH is 2. The summed E-state index contributed by atoms with van der Waals surface area (Å²) in [6, 6.07) is 19.6. The maximum atomic E-state index is 8.49. The minimum atomic E-state index is -4.94. The van der Waals surface area contributed by atoms with Gasteiger partial charge in [0.1, 0.15) is 22.8 Å². The largest absolute Gasteiger partial charge is 2.00 e. The molecule has 0 spiro atoms. The first kappa shape index (κ1) is 46.8. The Balaban J connectivity index is 0.000000713. The maximum Gasteiger partial charge on any atom is 2.00 e. The van der Waals surface area contributed by atoms with Gasteiger partial charge in [0.2, 0.25) is 0 Å². The van der Waals surface area contributed by atoms with Crippen molar-refractivity contribution in [3.8, 4) is 45.6 Å². The Kier molecular flexibility index (Phi) is 20.8. The molecule has 0 aromatic carbocycles. The van der Waals surface area contributed by atoms with Gasteiger partial charge in [-0.25, -0.2) is 47.2 Å². The van der Waals surface area contributed by atoms with Crippen molar-refractivity contribution in [3.63, 3.8) is 0 Å². The summed E-state index contributed by atoms with van der Waals surface area (Å²) in [4.78, 5) is 9.15. The first-order valence-electron chi connectivity index (χ1n) is 13.6. The van der Waals surface area contributed by atoms with E-state index in [1.165, 1.54) is 0 Å². The molecule has 20 nitrogen and oxygen atoms in total. The third-order valence-electron chi connectivity index (χ3n) is 5.37. The summed E-state index contributed by atoms with van der Waals surface area (Å²) in [5, 5.41) is 42.5. The van der Waals surface area contributed by atoms with E-state index >= 15 is 0 Å². The first-order valence-corrected chi connectivity index (χ1v) is 16.1. The Hall–Kier alpha value is -4.16. The minimum Gasteiger partial charge on any atom is -0.400 e. The Morgan fingerprint density at radius 1 is 0.412 bits per heavy atom. The molecular formula is C28H34Cl2FeN10O10. The quantitative estimate of drug-likeness (QED) is 0.0907. The molecule has 51 heavy (non-hydrogen) atoms. The molecule has 0 amide bonds. The third-order valence-corrected chi connectivity index (χ3v) is 5.37. The van der Waals surface area contributed by atoms with Gasteiger partial charge in [0.05, 0.1) is 22.8 Å². The smallest absolute Gasteiger partial charge is 0.400 e. The van der Waals surface area contributed by atoms with Crippen molar-refractivity contribution in [2.24, 2.45) is 0 Å². The predicted octanol–water partition coefficient (Wildman–Crippen LogP) is -5.34. The predicted molar refractivity (Wildman–Crippen MR) is 154 cm³/mol. The number of nitrogens with one attached hydrogen (secondary N) is 4. The van der Waals surface area contributed by atoms with Gasteiger partial charge >= 0.3 is 17.1 Å². The Morgan fingerprint density at radius 3 is 0.725 bits per heavy atom. The van der Waals surface area contributed by atoms with Crippen LogP contribution in [0.25, 0.3) is 45.6 Å². The molecule has 0 saturated carbocycles. The van der Waals surface area contributed by atoms with Crippen LogP contribution >= 0.6 is 0 Å². The van der Waals surface area contributed by atoms with E-state index < -0.39 is 20.5 Å². The molecule has 0 fully saturated rings. The monoisotopic (exact) mass is 796 g/mol. The van der Waals surface area contributed by atoms with E-state index in [4.69, 9.17) is 47.5 Å². The van der Waals surface area contributed by atoms with Crippen molar-refractivity contribution in [1.29, 1.82) is 0 Å². The summed E-state index contributed by atoms with van der Waals surface area (Å²) in [7, 11) is -7.89. The number of aromatic nitrogens is 10. The molecule has 278 valence electrons. The molecule has 6 heterocycles. The van der Waals surface area contributed by atoms with Gasteiger partial charge in [0, 0.05) is 37.0 Å². The van der Waals surface area contributed by atoms with Crippen molar-refractivity contribution in [3.05, 3.63) is 83.4 Å². The second-order valence-electron chi connectivity index (χ2n) is 9.32. The second kappa shape index (κ2) is 22.6. The van der Waals surface area contributed by atoms with E-state index in [1.807, 2.05) is 88.4 Å². The van der Waals surface area contributed by atoms with Gasteiger partial charge in [-0.05, 0) is 76.2 Å². The number of H-pyrrole nitrogens is 4. The van der Waals surface area contributed by atoms with Gasteiger partial charge < -0.3 is 10.2 Å². The van der Waals surface area contributed by atoms with E-state index in [2.05, 4.69) is 50.8 Å². The first-order chi connectivity index (χ1) is 23.4. The molecule has 0 aliphatic heterocycles. The Morgan fingerprint density at radius 2 is 0.588 bits per heavy atom. The number of aliphatic hydroxyl groups is 2. The van der Waals surface area contributed by atoms with Crippen LogP contribution in [0.5, 0.6) is 0 Å². The van der Waals surface area contributed by atoms with Gasteiger partial charge in [-0.2, -0.15) is 20.4 Å². The fourth-order valence-electron chi connectivity index (χ4n) is 3.64. The van der Waals surface area contributed by atoms with Crippen molar-refractivity contribution < 1.29 is 85.0 Å². The number of hydrogen-bond acceptors (Lipinski definition) is 16. The molecule has 0 atom stereocenters. The van der Waals surface area contributed by atoms with Crippen molar-refractivity contribution in [1.82, 2.24) is 50.8 Å². The van der Waals surface area contributed by atoms with E-state index in [9.17, 15) is 0 Å². The van der Waals surface area contributed by atoms with Crippen LogP contribution in [-0.2, 0) is 17.1 Å². The summed E-state index contributed by atoms with van der Waals surface area (Å²) in [5.74, 6) is 0. The SMILES string of the molecule is CO.CO.Cc1cc(-c2cccc(-c3cc(C)[nH]n3)n2)n[nH]1.Cc1cc(-c2cccc(-c3cc(C)[nH]n3)n2)n[nH]1.[Fe+2].[O-][Cl+3]([O-])([O-])[O-].[O-][Cl+3]([O-])([O-])[O-]. The molecule has 0 radical (unpaired) electrons.